The van der Waals surface area contributed by atoms with E-state index in [0.717, 1.165) is 37.2 Å². The molecule has 2 aromatic rings. The van der Waals surface area contributed by atoms with Gasteiger partial charge in [-0.05, 0) is 30.5 Å². The van der Waals surface area contributed by atoms with E-state index in [1.807, 2.05) is 43.7 Å². The van der Waals surface area contributed by atoms with Gasteiger partial charge in [0.15, 0.2) is 0 Å². The highest BCUT2D eigenvalue weighted by Crippen LogP contribution is 2.19. The highest BCUT2D eigenvalue weighted by Gasteiger charge is 2.22. The van der Waals surface area contributed by atoms with Crippen LogP contribution < -0.4 is 16.0 Å². The molecule has 0 bridgehead atoms. The third kappa shape index (κ3) is 3.71. The highest BCUT2D eigenvalue weighted by molar-refractivity contribution is 5.94. The van der Waals surface area contributed by atoms with Crippen molar-refractivity contribution in [1.82, 2.24) is 15.1 Å². The number of carbonyl (C=O) groups excluding carboxylic acids is 1. The highest BCUT2D eigenvalue weighted by atomic mass is 16.1. The molecule has 1 aromatic carbocycles. The molecule has 0 saturated carbocycles. The summed E-state index contributed by atoms with van der Waals surface area (Å²) >= 11 is 0. The molecule has 0 aliphatic carbocycles. The second-order valence-electron chi connectivity index (χ2n) is 6.03. The van der Waals surface area contributed by atoms with E-state index < -0.39 is 0 Å². The van der Waals surface area contributed by atoms with Crippen molar-refractivity contribution < 1.29 is 4.79 Å². The predicted octanol–water partition coefficient (Wildman–Crippen LogP) is 1.28. The average molecular weight is 313 g/mol. The van der Waals surface area contributed by atoms with Crippen molar-refractivity contribution in [3.8, 4) is 0 Å². The van der Waals surface area contributed by atoms with Crippen molar-refractivity contribution in [3.05, 3.63) is 47.8 Å². The fourth-order valence-corrected chi connectivity index (χ4v) is 2.96. The molecule has 122 valence electrons. The molecule has 1 amide bonds. The summed E-state index contributed by atoms with van der Waals surface area (Å²) in [6.45, 7) is 2.31. The van der Waals surface area contributed by atoms with Gasteiger partial charge >= 0.3 is 0 Å². The van der Waals surface area contributed by atoms with Crippen LogP contribution in [-0.4, -0.2) is 34.8 Å². The Morgan fingerprint density at radius 3 is 2.83 bits per heavy atom. The maximum atomic E-state index is 12.4. The van der Waals surface area contributed by atoms with Gasteiger partial charge in [0.1, 0.15) is 0 Å². The van der Waals surface area contributed by atoms with E-state index in [2.05, 4.69) is 15.3 Å². The second kappa shape index (κ2) is 6.83. The Morgan fingerprint density at radius 1 is 1.39 bits per heavy atom. The van der Waals surface area contributed by atoms with Crippen LogP contribution in [0.15, 0.2) is 36.7 Å². The molecule has 1 aliphatic heterocycles. The minimum atomic E-state index is -0.0217. The molecule has 1 aromatic heterocycles. The summed E-state index contributed by atoms with van der Waals surface area (Å²) < 4.78 is 1.80. The van der Waals surface area contributed by atoms with Crippen molar-refractivity contribution >= 4 is 11.6 Å². The Labute approximate surface area is 136 Å². The summed E-state index contributed by atoms with van der Waals surface area (Å²) in [5.41, 5.74) is 8.41. The number of benzene rings is 1. The Hall–Kier alpha value is -2.34. The number of anilines is 1. The van der Waals surface area contributed by atoms with Gasteiger partial charge < -0.3 is 16.0 Å². The van der Waals surface area contributed by atoms with E-state index in [4.69, 9.17) is 5.73 Å². The van der Waals surface area contributed by atoms with E-state index in [1.165, 1.54) is 0 Å². The SMILES string of the molecule is Cn1cc(N2CCCC(NC(=O)c3ccc(CN)cc3)C2)cn1. The van der Waals surface area contributed by atoms with Crippen LogP contribution in [0.2, 0.25) is 0 Å². The third-order valence-corrected chi connectivity index (χ3v) is 4.26. The van der Waals surface area contributed by atoms with Crippen LogP contribution in [0, 0.1) is 0 Å². The molecule has 0 radical (unpaired) electrons. The summed E-state index contributed by atoms with van der Waals surface area (Å²) in [6.07, 6.45) is 5.95. The van der Waals surface area contributed by atoms with E-state index in [1.54, 1.807) is 4.68 Å². The lowest BCUT2D eigenvalue weighted by Gasteiger charge is -2.33. The molecule has 6 heteroatoms. The van der Waals surface area contributed by atoms with Gasteiger partial charge in [0.2, 0.25) is 0 Å². The first-order valence-corrected chi connectivity index (χ1v) is 7.99. The molecule has 3 rings (SSSR count). The average Bonchev–Trinajstić information content (AvgIpc) is 3.02. The Kier molecular flexibility index (Phi) is 4.62. The summed E-state index contributed by atoms with van der Waals surface area (Å²) in [6, 6.07) is 7.62. The minimum absolute atomic E-state index is 0.0217. The normalized spacial score (nSPS) is 18.0. The Balaban J connectivity index is 1.61. The number of nitrogens with one attached hydrogen (secondary N) is 1. The standard InChI is InChI=1S/C17H23N5O/c1-21-12-16(10-19-21)22-8-2-3-15(11-22)20-17(23)14-6-4-13(9-18)5-7-14/h4-7,10,12,15H,2-3,8-9,11,18H2,1H3,(H,20,23). The molecular formula is C17H23N5O. The van der Waals surface area contributed by atoms with E-state index in [-0.39, 0.29) is 11.9 Å². The van der Waals surface area contributed by atoms with Gasteiger partial charge in [0, 0.05) is 44.5 Å². The van der Waals surface area contributed by atoms with E-state index in [0.29, 0.717) is 12.1 Å². The number of amides is 1. The van der Waals surface area contributed by atoms with Gasteiger partial charge in [-0.25, -0.2) is 0 Å². The first-order valence-electron chi connectivity index (χ1n) is 7.99. The summed E-state index contributed by atoms with van der Waals surface area (Å²) in [5, 5.41) is 7.36. The quantitative estimate of drug-likeness (QED) is 0.891. The van der Waals surface area contributed by atoms with Crippen molar-refractivity contribution in [2.75, 3.05) is 18.0 Å². The third-order valence-electron chi connectivity index (χ3n) is 4.26. The molecule has 0 spiro atoms. The zero-order valence-corrected chi connectivity index (χ0v) is 13.4. The van der Waals surface area contributed by atoms with Gasteiger partial charge in [-0.3, -0.25) is 9.48 Å². The molecular weight excluding hydrogens is 290 g/mol. The largest absolute Gasteiger partial charge is 0.367 e. The number of aromatic nitrogens is 2. The lowest BCUT2D eigenvalue weighted by Crippen LogP contribution is -2.47. The Morgan fingerprint density at radius 2 is 2.17 bits per heavy atom. The molecule has 2 heterocycles. The van der Waals surface area contributed by atoms with Crippen LogP contribution >= 0.6 is 0 Å². The lowest BCUT2D eigenvalue weighted by atomic mass is 10.0. The van der Waals surface area contributed by atoms with Crippen molar-refractivity contribution in [2.24, 2.45) is 12.8 Å². The van der Waals surface area contributed by atoms with Crippen molar-refractivity contribution in [3.63, 3.8) is 0 Å². The number of hydrogen-bond acceptors (Lipinski definition) is 4. The maximum absolute atomic E-state index is 12.4. The smallest absolute Gasteiger partial charge is 0.251 e. The Bertz CT molecular complexity index is 664. The van der Waals surface area contributed by atoms with Gasteiger partial charge in [-0.15, -0.1) is 0 Å². The number of piperidine rings is 1. The molecule has 6 nitrogen and oxygen atoms in total. The summed E-state index contributed by atoms with van der Waals surface area (Å²) in [7, 11) is 1.91. The van der Waals surface area contributed by atoms with Crippen LogP contribution in [0.5, 0.6) is 0 Å². The zero-order valence-electron chi connectivity index (χ0n) is 13.4. The maximum Gasteiger partial charge on any atom is 0.251 e. The van der Waals surface area contributed by atoms with Crippen LogP contribution in [-0.2, 0) is 13.6 Å². The number of hydrogen-bond donors (Lipinski definition) is 2. The van der Waals surface area contributed by atoms with Gasteiger partial charge in [-0.2, -0.15) is 5.10 Å². The zero-order chi connectivity index (χ0) is 16.2. The van der Waals surface area contributed by atoms with Crippen LogP contribution in [0.4, 0.5) is 5.69 Å². The second-order valence-corrected chi connectivity index (χ2v) is 6.03. The van der Waals surface area contributed by atoms with Gasteiger partial charge in [-0.1, -0.05) is 12.1 Å². The van der Waals surface area contributed by atoms with E-state index in [9.17, 15) is 4.79 Å². The molecule has 1 atom stereocenters. The molecule has 1 unspecified atom stereocenters. The number of aryl methyl sites for hydroxylation is 1. The number of nitrogens with zero attached hydrogens (tertiary/aromatic N) is 3. The minimum Gasteiger partial charge on any atom is -0.367 e. The topological polar surface area (TPSA) is 76.2 Å². The van der Waals surface area contributed by atoms with Crippen LogP contribution in [0.3, 0.4) is 0 Å². The van der Waals surface area contributed by atoms with E-state index >= 15 is 0 Å². The van der Waals surface area contributed by atoms with Crippen molar-refractivity contribution in [1.29, 1.82) is 0 Å². The summed E-state index contributed by atoms with van der Waals surface area (Å²) in [5.74, 6) is -0.0217. The van der Waals surface area contributed by atoms with Crippen LogP contribution in [0.25, 0.3) is 0 Å². The number of carbonyl (C=O) groups is 1. The molecule has 23 heavy (non-hydrogen) atoms. The van der Waals surface area contributed by atoms with Crippen molar-refractivity contribution in [2.45, 2.75) is 25.4 Å². The lowest BCUT2D eigenvalue weighted by molar-refractivity contribution is 0.0933. The molecule has 1 aliphatic rings. The van der Waals surface area contributed by atoms with Crippen LogP contribution in [0.1, 0.15) is 28.8 Å². The molecule has 1 fully saturated rings. The van der Waals surface area contributed by atoms with Gasteiger partial charge in [0.05, 0.1) is 11.9 Å². The fraction of sp³-hybridized carbons (Fsp3) is 0.412. The summed E-state index contributed by atoms with van der Waals surface area (Å²) in [4.78, 5) is 14.7. The fourth-order valence-electron chi connectivity index (χ4n) is 2.96. The first kappa shape index (κ1) is 15.6. The number of rotatable bonds is 4. The molecule has 3 N–H and O–H groups in total. The monoisotopic (exact) mass is 313 g/mol. The number of nitrogens with two attached hydrogens (primary N) is 1. The predicted molar refractivity (Wildman–Crippen MR) is 90.2 cm³/mol. The van der Waals surface area contributed by atoms with Gasteiger partial charge in [0.25, 0.3) is 5.91 Å². The first-order chi connectivity index (χ1) is 11.2. The molecule has 1 saturated heterocycles.